The summed E-state index contributed by atoms with van der Waals surface area (Å²) >= 11 is 0. The molecular formula is C9H11NO2. The molecule has 12 heavy (non-hydrogen) atoms. The van der Waals surface area contributed by atoms with Gasteiger partial charge in [-0.3, -0.25) is 0 Å². The Balaban J connectivity index is 2.39. The molecular weight excluding hydrogens is 154 g/mol. The molecule has 3 heteroatoms. The van der Waals surface area contributed by atoms with Crippen LogP contribution in [0.5, 0.6) is 0 Å². The highest BCUT2D eigenvalue weighted by Gasteiger charge is 2.19. The lowest BCUT2D eigenvalue weighted by molar-refractivity contribution is 0.408. The van der Waals surface area contributed by atoms with Gasteiger partial charge in [0.1, 0.15) is 11.5 Å². The Morgan fingerprint density at radius 3 is 2.83 bits per heavy atom. The summed E-state index contributed by atoms with van der Waals surface area (Å²) < 4.78 is 0. The number of hydrogen-bond donors (Lipinski definition) is 2. The van der Waals surface area contributed by atoms with Crippen LogP contribution in [0.1, 0.15) is 25.7 Å². The first-order valence-electron chi connectivity index (χ1n) is 4.15. The minimum Gasteiger partial charge on any atom is -0.506 e. The van der Waals surface area contributed by atoms with Crippen LogP contribution in [0.2, 0.25) is 0 Å². The van der Waals surface area contributed by atoms with Crippen molar-refractivity contribution in [1.82, 2.24) is 0 Å². The summed E-state index contributed by atoms with van der Waals surface area (Å²) in [7, 11) is 0. The average molecular weight is 165 g/mol. The molecule has 0 aromatic carbocycles. The SMILES string of the molecule is OC1=CCCC2=C1N=C(O)CC2. The van der Waals surface area contributed by atoms with Crippen molar-refractivity contribution in [3.63, 3.8) is 0 Å². The van der Waals surface area contributed by atoms with Crippen molar-refractivity contribution >= 4 is 5.90 Å². The molecule has 0 fully saturated rings. The third-order valence-corrected chi connectivity index (χ3v) is 2.25. The Hall–Kier alpha value is -1.25. The third kappa shape index (κ3) is 1.11. The first-order chi connectivity index (χ1) is 5.77. The van der Waals surface area contributed by atoms with Gasteiger partial charge in [-0.15, -0.1) is 0 Å². The second-order valence-electron chi connectivity index (χ2n) is 3.11. The van der Waals surface area contributed by atoms with E-state index in [4.69, 9.17) is 5.11 Å². The monoisotopic (exact) mass is 165 g/mol. The summed E-state index contributed by atoms with van der Waals surface area (Å²) in [5.41, 5.74) is 1.78. The zero-order valence-corrected chi connectivity index (χ0v) is 6.75. The number of aliphatic hydroxyl groups is 2. The smallest absolute Gasteiger partial charge is 0.186 e. The van der Waals surface area contributed by atoms with E-state index in [1.54, 1.807) is 6.08 Å². The Morgan fingerprint density at radius 2 is 2.00 bits per heavy atom. The fourth-order valence-corrected chi connectivity index (χ4v) is 1.61. The van der Waals surface area contributed by atoms with Crippen LogP contribution < -0.4 is 0 Å². The van der Waals surface area contributed by atoms with Crippen LogP contribution in [0.15, 0.2) is 28.1 Å². The van der Waals surface area contributed by atoms with Crippen LogP contribution >= 0.6 is 0 Å². The molecule has 0 spiro atoms. The molecule has 0 atom stereocenters. The second-order valence-corrected chi connectivity index (χ2v) is 3.11. The Bertz CT molecular complexity index is 300. The molecule has 1 aliphatic carbocycles. The lowest BCUT2D eigenvalue weighted by atomic mass is 9.95. The zero-order valence-electron chi connectivity index (χ0n) is 6.75. The van der Waals surface area contributed by atoms with Crippen LogP contribution in [0.4, 0.5) is 0 Å². The predicted molar refractivity (Wildman–Crippen MR) is 46.3 cm³/mol. The standard InChI is InChI=1S/C9H11NO2/c11-7-3-1-2-6-4-5-8(12)10-9(6)7/h3,11H,1-2,4-5H2,(H,10,12). The zero-order chi connectivity index (χ0) is 8.55. The summed E-state index contributed by atoms with van der Waals surface area (Å²) in [6, 6.07) is 0. The van der Waals surface area contributed by atoms with E-state index in [9.17, 15) is 5.11 Å². The summed E-state index contributed by atoms with van der Waals surface area (Å²) in [6.45, 7) is 0. The molecule has 0 aromatic heterocycles. The van der Waals surface area contributed by atoms with E-state index in [0.717, 1.165) is 19.3 Å². The summed E-state index contributed by atoms with van der Waals surface area (Å²) in [5, 5.41) is 18.6. The number of allylic oxidation sites excluding steroid dienone is 2. The van der Waals surface area contributed by atoms with E-state index in [0.29, 0.717) is 12.1 Å². The summed E-state index contributed by atoms with van der Waals surface area (Å²) in [4.78, 5) is 3.92. The fourth-order valence-electron chi connectivity index (χ4n) is 1.61. The molecule has 2 N–H and O–H groups in total. The van der Waals surface area contributed by atoms with Gasteiger partial charge in [0.15, 0.2) is 5.90 Å². The molecule has 0 aromatic rings. The van der Waals surface area contributed by atoms with Gasteiger partial charge in [0, 0.05) is 6.42 Å². The van der Waals surface area contributed by atoms with Crippen molar-refractivity contribution < 1.29 is 10.2 Å². The van der Waals surface area contributed by atoms with Gasteiger partial charge < -0.3 is 10.2 Å². The van der Waals surface area contributed by atoms with Gasteiger partial charge in [-0.2, -0.15) is 0 Å². The quantitative estimate of drug-likeness (QED) is 0.578. The fraction of sp³-hybridized carbons (Fsp3) is 0.444. The molecule has 3 nitrogen and oxygen atoms in total. The first-order valence-corrected chi connectivity index (χ1v) is 4.15. The highest BCUT2D eigenvalue weighted by atomic mass is 16.3. The molecule has 0 radical (unpaired) electrons. The number of rotatable bonds is 0. The molecule has 64 valence electrons. The summed E-state index contributed by atoms with van der Waals surface area (Å²) in [6.07, 6.45) is 5.06. The molecule has 1 aliphatic heterocycles. The number of hydrogen-bond acceptors (Lipinski definition) is 2. The normalized spacial score (nSPS) is 23.0. The lowest BCUT2D eigenvalue weighted by Crippen LogP contribution is -2.10. The summed E-state index contributed by atoms with van der Waals surface area (Å²) in [5.74, 6) is 0.359. The van der Waals surface area contributed by atoms with Gasteiger partial charge in [-0.1, -0.05) is 0 Å². The molecule has 0 amide bonds. The maximum Gasteiger partial charge on any atom is 0.186 e. The molecule has 0 unspecified atom stereocenters. The molecule has 1 heterocycles. The third-order valence-electron chi connectivity index (χ3n) is 2.25. The number of aliphatic imine (C=N–C) groups is 1. The van der Waals surface area contributed by atoms with Gasteiger partial charge in [0.25, 0.3) is 0 Å². The van der Waals surface area contributed by atoms with Crippen molar-refractivity contribution in [1.29, 1.82) is 0 Å². The molecule has 2 rings (SSSR count). The average Bonchev–Trinajstić information content (AvgIpc) is 2.07. The highest BCUT2D eigenvalue weighted by molar-refractivity contribution is 5.77. The van der Waals surface area contributed by atoms with Crippen LogP contribution in [-0.2, 0) is 0 Å². The lowest BCUT2D eigenvalue weighted by Gasteiger charge is -2.19. The predicted octanol–water partition coefficient (Wildman–Crippen LogP) is 2.23. The van der Waals surface area contributed by atoms with Gasteiger partial charge in [0.05, 0.1) is 0 Å². The van der Waals surface area contributed by atoms with Crippen molar-refractivity contribution in [3.05, 3.63) is 23.1 Å². The minimum absolute atomic E-state index is 0.135. The van der Waals surface area contributed by atoms with Gasteiger partial charge in [-0.05, 0) is 30.9 Å². The van der Waals surface area contributed by atoms with E-state index in [1.165, 1.54) is 5.57 Å². The highest BCUT2D eigenvalue weighted by Crippen LogP contribution is 2.30. The van der Waals surface area contributed by atoms with E-state index < -0.39 is 0 Å². The van der Waals surface area contributed by atoms with Crippen LogP contribution in [-0.4, -0.2) is 16.1 Å². The maximum absolute atomic E-state index is 9.41. The Morgan fingerprint density at radius 1 is 1.17 bits per heavy atom. The largest absolute Gasteiger partial charge is 0.506 e. The molecule has 0 saturated heterocycles. The number of nitrogens with zero attached hydrogens (tertiary/aromatic N) is 1. The maximum atomic E-state index is 9.41. The minimum atomic E-state index is 0.135. The second kappa shape index (κ2) is 2.66. The van der Waals surface area contributed by atoms with Gasteiger partial charge in [0.2, 0.25) is 0 Å². The van der Waals surface area contributed by atoms with Crippen molar-refractivity contribution in [2.24, 2.45) is 4.99 Å². The molecule has 0 saturated carbocycles. The van der Waals surface area contributed by atoms with Crippen LogP contribution in [0, 0.1) is 0 Å². The topological polar surface area (TPSA) is 52.8 Å². The van der Waals surface area contributed by atoms with E-state index in [1.807, 2.05) is 0 Å². The van der Waals surface area contributed by atoms with E-state index in [2.05, 4.69) is 4.99 Å². The van der Waals surface area contributed by atoms with E-state index >= 15 is 0 Å². The van der Waals surface area contributed by atoms with Crippen LogP contribution in [0.3, 0.4) is 0 Å². The van der Waals surface area contributed by atoms with Gasteiger partial charge >= 0.3 is 0 Å². The Labute approximate surface area is 70.8 Å². The molecule has 0 bridgehead atoms. The first kappa shape index (κ1) is 7.40. The van der Waals surface area contributed by atoms with E-state index in [-0.39, 0.29) is 11.7 Å². The number of aliphatic hydroxyl groups excluding tert-OH is 2. The van der Waals surface area contributed by atoms with Crippen molar-refractivity contribution in [2.45, 2.75) is 25.7 Å². The Kier molecular flexibility index (Phi) is 1.64. The van der Waals surface area contributed by atoms with Gasteiger partial charge in [-0.25, -0.2) is 4.99 Å². The van der Waals surface area contributed by atoms with Crippen molar-refractivity contribution in [2.75, 3.05) is 0 Å². The molecule has 2 aliphatic rings. The van der Waals surface area contributed by atoms with Crippen molar-refractivity contribution in [3.8, 4) is 0 Å². The van der Waals surface area contributed by atoms with Crippen LogP contribution in [0.25, 0.3) is 0 Å².